The van der Waals surface area contributed by atoms with Crippen molar-refractivity contribution in [1.29, 1.82) is 0 Å². The molecule has 0 spiro atoms. The van der Waals surface area contributed by atoms with Crippen LogP contribution in [0.15, 0.2) is 42.5 Å². The quantitative estimate of drug-likeness (QED) is 0.421. The van der Waals surface area contributed by atoms with Crippen LogP contribution in [0, 0.1) is 5.41 Å². The minimum Gasteiger partial charge on any atom is -0.478 e. The van der Waals surface area contributed by atoms with Gasteiger partial charge in [-0.1, -0.05) is 51.1 Å². The van der Waals surface area contributed by atoms with Gasteiger partial charge in [0.25, 0.3) is 0 Å². The molecular formula is C31H40N4O5. The SMILES string of the molecule is CNC(C)C(=O)NC(C(=O)N1Cc2cc(C(=O)O)ccc2CC1C(=O)NC1CCCc2ccccc21)C(C)(C)C. The maximum absolute atomic E-state index is 14.2. The van der Waals surface area contributed by atoms with Gasteiger partial charge in [-0.2, -0.15) is 0 Å². The third-order valence-corrected chi connectivity index (χ3v) is 8.08. The maximum Gasteiger partial charge on any atom is 0.335 e. The number of benzene rings is 2. The number of carbonyl (C=O) groups excluding carboxylic acids is 3. The molecule has 4 unspecified atom stereocenters. The van der Waals surface area contributed by atoms with Crippen LogP contribution in [0.1, 0.15) is 79.2 Å². The number of aromatic carboxylic acids is 1. The number of hydrogen-bond donors (Lipinski definition) is 4. The molecule has 0 bridgehead atoms. The van der Waals surface area contributed by atoms with Crippen LogP contribution < -0.4 is 16.0 Å². The molecule has 0 radical (unpaired) electrons. The van der Waals surface area contributed by atoms with Gasteiger partial charge >= 0.3 is 5.97 Å². The first-order valence-corrected chi connectivity index (χ1v) is 13.9. The third-order valence-electron chi connectivity index (χ3n) is 8.08. The van der Waals surface area contributed by atoms with Gasteiger partial charge in [-0.25, -0.2) is 4.79 Å². The van der Waals surface area contributed by atoms with Crippen LogP contribution in [0.5, 0.6) is 0 Å². The van der Waals surface area contributed by atoms with Gasteiger partial charge < -0.3 is 26.0 Å². The number of fused-ring (bicyclic) bond motifs is 2. The number of carbonyl (C=O) groups is 4. The molecule has 40 heavy (non-hydrogen) atoms. The predicted molar refractivity (Wildman–Crippen MR) is 152 cm³/mol. The Morgan fingerprint density at radius 1 is 1.02 bits per heavy atom. The number of likely N-dealkylation sites (N-methyl/N-ethyl adjacent to an activating group) is 1. The summed E-state index contributed by atoms with van der Waals surface area (Å²) in [6, 6.07) is 10.6. The summed E-state index contributed by atoms with van der Waals surface area (Å²) in [7, 11) is 1.67. The average Bonchev–Trinajstić information content (AvgIpc) is 2.93. The van der Waals surface area contributed by atoms with Crippen LogP contribution in [-0.4, -0.2) is 58.9 Å². The second-order valence-electron chi connectivity index (χ2n) is 11.9. The van der Waals surface area contributed by atoms with Gasteiger partial charge in [-0.15, -0.1) is 0 Å². The van der Waals surface area contributed by atoms with Crippen LogP contribution in [0.3, 0.4) is 0 Å². The minimum atomic E-state index is -1.06. The second-order valence-corrected chi connectivity index (χ2v) is 11.9. The smallest absolute Gasteiger partial charge is 0.335 e. The van der Waals surface area contributed by atoms with Crippen LogP contribution in [0.4, 0.5) is 0 Å². The van der Waals surface area contributed by atoms with E-state index in [9.17, 15) is 24.3 Å². The molecule has 4 atom stereocenters. The Kier molecular flexibility index (Phi) is 8.63. The molecule has 1 aliphatic carbocycles. The largest absolute Gasteiger partial charge is 0.478 e. The molecule has 3 amide bonds. The standard InChI is InChI=1S/C31H40N4O5/c1-18(32-5)27(36)34-26(31(2,3)4)29(38)35-17-22-15-21(30(39)40)14-13-20(22)16-25(35)28(37)33-24-12-8-10-19-9-6-7-11-23(19)24/h6-7,9,11,13-15,18,24-26,32H,8,10,12,16-17H2,1-5H3,(H,33,37)(H,34,36)(H,39,40). The van der Waals surface area contributed by atoms with Crippen molar-refractivity contribution in [3.05, 3.63) is 70.3 Å². The minimum absolute atomic E-state index is 0.0681. The molecule has 2 aliphatic rings. The fourth-order valence-corrected chi connectivity index (χ4v) is 5.57. The van der Waals surface area contributed by atoms with Crippen LogP contribution in [0.25, 0.3) is 0 Å². The zero-order valence-corrected chi connectivity index (χ0v) is 23.9. The van der Waals surface area contributed by atoms with E-state index in [1.165, 1.54) is 16.5 Å². The molecule has 2 aromatic rings. The molecule has 4 rings (SSSR count). The van der Waals surface area contributed by atoms with E-state index in [4.69, 9.17) is 0 Å². The Morgan fingerprint density at radius 3 is 2.42 bits per heavy atom. The van der Waals surface area contributed by atoms with Crippen molar-refractivity contribution in [2.75, 3.05) is 7.05 Å². The first-order chi connectivity index (χ1) is 18.9. The lowest BCUT2D eigenvalue weighted by Gasteiger charge is -2.41. The van der Waals surface area contributed by atoms with Gasteiger partial charge in [0.2, 0.25) is 17.7 Å². The van der Waals surface area contributed by atoms with E-state index in [0.29, 0.717) is 5.56 Å². The molecule has 0 saturated heterocycles. The average molecular weight is 549 g/mol. The number of carboxylic acid groups (broad SMARTS) is 1. The van der Waals surface area contributed by atoms with Crippen LogP contribution >= 0.6 is 0 Å². The van der Waals surface area contributed by atoms with Crippen molar-refractivity contribution in [2.24, 2.45) is 5.41 Å². The number of nitrogens with one attached hydrogen (secondary N) is 3. The molecule has 2 aromatic carbocycles. The van der Waals surface area contributed by atoms with Crippen molar-refractivity contribution in [2.45, 2.75) is 84.1 Å². The van der Waals surface area contributed by atoms with Gasteiger partial charge in [0.05, 0.1) is 17.6 Å². The summed E-state index contributed by atoms with van der Waals surface area (Å²) in [5.41, 5.74) is 3.31. The topological polar surface area (TPSA) is 128 Å². The molecule has 9 heteroatoms. The van der Waals surface area contributed by atoms with Crippen LogP contribution in [-0.2, 0) is 33.8 Å². The number of rotatable bonds is 7. The fraction of sp³-hybridized carbons (Fsp3) is 0.484. The van der Waals surface area contributed by atoms with Crippen molar-refractivity contribution < 1.29 is 24.3 Å². The molecule has 0 fully saturated rings. The fourth-order valence-electron chi connectivity index (χ4n) is 5.57. The maximum atomic E-state index is 14.2. The van der Waals surface area contributed by atoms with E-state index in [1.807, 2.05) is 39.0 Å². The Hall–Kier alpha value is -3.72. The number of amides is 3. The van der Waals surface area contributed by atoms with E-state index >= 15 is 0 Å². The summed E-state index contributed by atoms with van der Waals surface area (Å²) in [6.07, 6.45) is 2.98. The first kappa shape index (κ1) is 29.3. The highest BCUT2D eigenvalue weighted by Crippen LogP contribution is 2.32. The highest BCUT2D eigenvalue weighted by molar-refractivity contribution is 5.94. The molecule has 4 N–H and O–H groups in total. The zero-order chi connectivity index (χ0) is 29.2. The molecule has 214 valence electrons. The third kappa shape index (κ3) is 6.20. The summed E-state index contributed by atoms with van der Waals surface area (Å²) in [5, 5.41) is 18.5. The molecule has 0 saturated carbocycles. The lowest BCUT2D eigenvalue weighted by atomic mass is 9.83. The Morgan fingerprint density at radius 2 is 1.75 bits per heavy atom. The van der Waals surface area contributed by atoms with Gasteiger partial charge in [-0.3, -0.25) is 14.4 Å². The predicted octanol–water partition coefficient (Wildman–Crippen LogP) is 2.97. The van der Waals surface area contributed by atoms with Crippen molar-refractivity contribution in [1.82, 2.24) is 20.9 Å². The molecule has 1 heterocycles. The van der Waals surface area contributed by atoms with Gasteiger partial charge in [0, 0.05) is 13.0 Å². The zero-order valence-electron chi connectivity index (χ0n) is 23.9. The summed E-state index contributed by atoms with van der Waals surface area (Å²) in [5.74, 6) is -2.01. The first-order valence-electron chi connectivity index (χ1n) is 13.9. The van der Waals surface area contributed by atoms with Crippen molar-refractivity contribution in [3.8, 4) is 0 Å². The number of hydrogen-bond acceptors (Lipinski definition) is 5. The summed E-state index contributed by atoms with van der Waals surface area (Å²) in [6.45, 7) is 7.39. The van der Waals surface area contributed by atoms with Gasteiger partial charge in [0.15, 0.2) is 0 Å². The van der Waals surface area contributed by atoms with Gasteiger partial charge in [-0.05, 0) is 73.0 Å². The highest BCUT2D eigenvalue weighted by atomic mass is 16.4. The Bertz CT molecular complexity index is 1300. The molecule has 0 aromatic heterocycles. The number of nitrogens with zero attached hydrogens (tertiary/aromatic N) is 1. The second kappa shape index (κ2) is 11.8. The van der Waals surface area contributed by atoms with E-state index in [1.54, 1.807) is 26.1 Å². The normalized spacial score (nSPS) is 20.0. The number of aryl methyl sites for hydroxylation is 1. The van der Waals surface area contributed by atoms with E-state index in [0.717, 1.165) is 30.4 Å². The lowest BCUT2D eigenvalue weighted by Crippen LogP contribution is -2.62. The summed E-state index contributed by atoms with van der Waals surface area (Å²) in [4.78, 5) is 54.2. The van der Waals surface area contributed by atoms with E-state index < -0.39 is 29.5 Å². The lowest BCUT2D eigenvalue weighted by molar-refractivity contribution is -0.147. The Balaban J connectivity index is 1.68. The molecule has 1 aliphatic heterocycles. The number of carboxylic acids is 1. The highest BCUT2D eigenvalue weighted by Gasteiger charge is 2.43. The Labute approximate surface area is 235 Å². The molecular weight excluding hydrogens is 508 g/mol. The monoisotopic (exact) mass is 548 g/mol. The summed E-state index contributed by atoms with van der Waals surface area (Å²) < 4.78 is 0. The van der Waals surface area contributed by atoms with Crippen molar-refractivity contribution in [3.63, 3.8) is 0 Å². The van der Waals surface area contributed by atoms with Crippen LogP contribution in [0.2, 0.25) is 0 Å². The molecule has 9 nitrogen and oxygen atoms in total. The van der Waals surface area contributed by atoms with Crippen molar-refractivity contribution >= 4 is 23.7 Å². The van der Waals surface area contributed by atoms with E-state index in [2.05, 4.69) is 22.0 Å². The summed E-state index contributed by atoms with van der Waals surface area (Å²) >= 11 is 0. The van der Waals surface area contributed by atoms with E-state index in [-0.39, 0.29) is 42.3 Å². The van der Waals surface area contributed by atoms with Gasteiger partial charge in [0.1, 0.15) is 12.1 Å².